The maximum absolute atomic E-state index is 13.6. The molecule has 2 atom stereocenters. The van der Waals surface area contributed by atoms with Gasteiger partial charge in [0.15, 0.2) is 5.13 Å². The van der Waals surface area contributed by atoms with Crippen LogP contribution in [0.2, 0.25) is 0 Å². The molecule has 40 heavy (non-hydrogen) atoms. The van der Waals surface area contributed by atoms with Crippen LogP contribution in [0.15, 0.2) is 66.2 Å². The minimum atomic E-state index is -0.906. The van der Waals surface area contributed by atoms with E-state index in [1.807, 2.05) is 50.2 Å². The summed E-state index contributed by atoms with van der Waals surface area (Å²) >= 11 is 1.28. The van der Waals surface area contributed by atoms with Crippen molar-refractivity contribution in [3.8, 4) is 17.2 Å². The molecule has 1 saturated heterocycles. The Bertz CT molecular complexity index is 1680. The standard InChI is InChI=1S/C31H28N2O6S/c1-4-12-38-22-7-5-6-18(15-22)27-26(28(34)19-8-11-24-20(14-19)13-17(2)39-24)29(35)30(36)33(27)31-32-23-10-9-21(37-3)16-25(23)40-31/h5-11,14-17,27,34H,4,12-13H2,1-3H3/t17-,27-/m1/s1. The summed E-state index contributed by atoms with van der Waals surface area (Å²) < 4.78 is 17.8. The second-order valence-corrected chi connectivity index (χ2v) is 10.9. The lowest BCUT2D eigenvalue weighted by Crippen LogP contribution is -2.29. The first kappa shape index (κ1) is 25.9. The van der Waals surface area contributed by atoms with Crippen molar-refractivity contribution < 1.29 is 28.9 Å². The van der Waals surface area contributed by atoms with Crippen molar-refractivity contribution in [3.63, 3.8) is 0 Å². The molecule has 2 aliphatic rings. The van der Waals surface area contributed by atoms with Gasteiger partial charge in [0.25, 0.3) is 5.78 Å². The van der Waals surface area contributed by atoms with Crippen molar-refractivity contribution in [2.24, 2.45) is 0 Å². The van der Waals surface area contributed by atoms with Crippen molar-refractivity contribution >= 4 is 44.1 Å². The zero-order chi connectivity index (χ0) is 28.0. The number of rotatable bonds is 7. The van der Waals surface area contributed by atoms with Crippen LogP contribution in [0.3, 0.4) is 0 Å². The molecule has 1 fully saturated rings. The van der Waals surface area contributed by atoms with Gasteiger partial charge in [-0.25, -0.2) is 4.98 Å². The number of carbonyl (C=O) groups is 2. The van der Waals surface area contributed by atoms with E-state index in [2.05, 4.69) is 4.98 Å². The Morgan fingerprint density at radius 2 is 1.98 bits per heavy atom. The van der Waals surface area contributed by atoms with E-state index in [1.165, 1.54) is 16.2 Å². The van der Waals surface area contributed by atoms with Crippen LogP contribution < -0.4 is 19.1 Å². The minimum Gasteiger partial charge on any atom is -0.507 e. The van der Waals surface area contributed by atoms with E-state index in [0.717, 1.165) is 22.4 Å². The largest absolute Gasteiger partial charge is 0.507 e. The lowest BCUT2D eigenvalue weighted by molar-refractivity contribution is -0.132. The van der Waals surface area contributed by atoms with Gasteiger partial charge in [0.2, 0.25) is 0 Å². The maximum atomic E-state index is 13.6. The summed E-state index contributed by atoms with van der Waals surface area (Å²) in [6.07, 6.45) is 1.56. The lowest BCUT2D eigenvalue weighted by Gasteiger charge is -2.23. The highest BCUT2D eigenvalue weighted by Crippen LogP contribution is 2.45. The molecule has 0 radical (unpaired) electrons. The van der Waals surface area contributed by atoms with Crippen molar-refractivity contribution in [1.29, 1.82) is 0 Å². The van der Waals surface area contributed by atoms with E-state index in [0.29, 0.717) is 46.3 Å². The normalized spacial score (nSPS) is 19.6. The number of aliphatic hydroxyl groups is 1. The van der Waals surface area contributed by atoms with Gasteiger partial charge in [0.1, 0.15) is 29.1 Å². The Morgan fingerprint density at radius 1 is 1.12 bits per heavy atom. The highest BCUT2D eigenvalue weighted by Gasteiger charge is 2.48. The molecule has 0 unspecified atom stereocenters. The molecule has 4 aromatic rings. The van der Waals surface area contributed by atoms with Crippen LogP contribution in [-0.4, -0.2) is 41.6 Å². The van der Waals surface area contributed by atoms with Gasteiger partial charge >= 0.3 is 5.91 Å². The summed E-state index contributed by atoms with van der Waals surface area (Å²) in [5, 5.41) is 11.9. The summed E-state index contributed by atoms with van der Waals surface area (Å²) in [6, 6.07) is 17.1. The number of anilines is 1. The van der Waals surface area contributed by atoms with Gasteiger partial charge in [0, 0.05) is 12.0 Å². The van der Waals surface area contributed by atoms with Crippen molar-refractivity contribution in [2.45, 2.75) is 38.8 Å². The molecule has 1 amide bonds. The van der Waals surface area contributed by atoms with Gasteiger partial charge in [-0.3, -0.25) is 14.5 Å². The number of hydrogen-bond acceptors (Lipinski definition) is 8. The average Bonchev–Trinajstić information content (AvgIpc) is 3.63. The molecule has 3 heterocycles. The molecule has 204 valence electrons. The predicted octanol–water partition coefficient (Wildman–Crippen LogP) is 6.04. The zero-order valence-corrected chi connectivity index (χ0v) is 23.2. The van der Waals surface area contributed by atoms with Gasteiger partial charge in [-0.15, -0.1) is 0 Å². The Hall–Kier alpha value is -4.37. The number of benzene rings is 3. The van der Waals surface area contributed by atoms with Crippen molar-refractivity contribution in [2.75, 3.05) is 18.6 Å². The topological polar surface area (TPSA) is 98.2 Å². The average molecular weight is 557 g/mol. The summed E-state index contributed by atoms with van der Waals surface area (Å²) in [6.45, 7) is 4.52. The highest BCUT2D eigenvalue weighted by atomic mass is 32.1. The Morgan fingerprint density at radius 3 is 2.77 bits per heavy atom. The van der Waals surface area contributed by atoms with Crippen molar-refractivity contribution in [1.82, 2.24) is 4.98 Å². The third kappa shape index (κ3) is 4.46. The summed E-state index contributed by atoms with van der Waals surface area (Å²) in [4.78, 5) is 33.3. The van der Waals surface area contributed by atoms with Crippen LogP contribution in [0.4, 0.5) is 5.13 Å². The number of nitrogens with zero attached hydrogens (tertiary/aromatic N) is 2. The number of ether oxygens (including phenoxy) is 3. The molecular formula is C31H28N2O6S. The predicted molar refractivity (Wildman–Crippen MR) is 153 cm³/mol. The number of aromatic nitrogens is 1. The first-order chi connectivity index (χ1) is 19.4. The summed E-state index contributed by atoms with van der Waals surface area (Å²) in [5.41, 5.74) is 2.70. The number of amides is 1. The second-order valence-electron chi connectivity index (χ2n) is 9.88. The smallest absolute Gasteiger partial charge is 0.301 e. The van der Waals surface area contributed by atoms with E-state index in [4.69, 9.17) is 14.2 Å². The second kappa shape index (κ2) is 10.3. The molecule has 8 nitrogen and oxygen atoms in total. The van der Waals surface area contributed by atoms with Gasteiger partial charge in [-0.05, 0) is 73.0 Å². The fourth-order valence-electron chi connectivity index (χ4n) is 5.19. The third-order valence-electron chi connectivity index (χ3n) is 7.05. The third-order valence-corrected chi connectivity index (χ3v) is 8.07. The zero-order valence-electron chi connectivity index (χ0n) is 22.3. The molecule has 6 rings (SSSR count). The van der Waals surface area contributed by atoms with Crippen LogP contribution in [0, 0.1) is 0 Å². The monoisotopic (exact) mass is 556 g/mol. The molecule has 2 aliphatic heterocycles. The van der Waals surface area contributed by atoms with Gasteiger partial charge in [-0.2, -0.15) is 0 Å². The quantitative estimate of drug-likeness (QED) is 0.168. The number of Topliss-reactive ketones (excluding diaryl/α,β-unsaturated/α-hetero) is 1. The number of aliphatic hydroxyl groups excluding tert-OH is 1. The fourth-order valence-corrected chi connectivity index (χ4v) is 6.21. The van der Waals surface area contributed by atoms with Crippen LogP contribution in [-0.2, 0) is 16.0 Å². The number of hydrogen-bond donors (Lipinski definition) is 1. The van der Waals surface area contributed by atoms with Crippen LogP contribution in [0.5, 0.6) is 17.2 Å². The van der Waals surface area contributed by atoms with E-state index in [-0.39, 0.29) is 17.4 Å². The number of thiazole rings is 1. The molecule has 0 bridgehead atoms. The van der Waals surface area contributed by atoms with E-state index >= 15 is 0 Å². The summed E-state index contributed by atoms with van der Waals surface area (Å²) in [7, 11) is 1.58. The number of carbonyl (C=O) groups excluding carboxylic acids is 2. The lowest BCUT2D eigenvalue weighted by atomic mass is 9.94. The molecule has 0 spiro atoms. The highest BCUT2D eigenvalue weighted by molar-refractivity contribution is 7.22. The Balaban J connectivity index is 1.51. The number of fused-ring (bicyclic) bond motifs is 2. The summed E-state index contributed by atoms with van der Waals surface area (Å²) in [5.74, 6) is 0.266. The maximum Gasteiger partial charge on any atom is 0.301 e. The molecule has 0 saturated carbocycles. The van der Waals surface area contributed by atoms with Gasteiger partial charge in [-0.1, -0.05) is 30.4 Å². The van der Waals surface area contributed by atoms with Crippen molar-refractivity contribution in [3.05, 3.63) is 82.9 Å². The number of methoxy groups -OCH3 is 1. The first-order valence-corrected chi connectivity index (χ1v) is 14.0. The van der Waals surface area contributed by atoms with Crippen LogP contribution in [0.25, 0.3) is 16.0 Å². The minimum absolute atomic E-state index is 0.00129. The fraction of sp³-hybridized carbons (Fsp3) is 0.258. The molecule has 1 N–H and O–H groups in total. The van der Waals surface area contributed by atoms with Gasteiger partial charge < -0.3 is 19.3 Å². The molecule has 1 aromatic heterocycles. The Kier molecular flexibility index (Phi) is 6.67. The molecule has 0 aliphatic carbocycles. The van der Waals surface area contributed by atoms with E-state index in [9.17, 15) is 14.7 Å². The van der Waals surface area contributed by atoms with E-state index in [1.54, 1.807) is 31.4 Å². The van der Waals surface area contributed by atoms with Crippen LogP contribution >= 0.6 is 11.3 Å². The van der Waals surface area contributed by atoms with Crippen LogP contribution in [0.1, 0.15) is 43.0 Å². The SMILES string of the molecule is CCCOc1cccc([C@@H]2C(=C(O)c3ccc4c(c3)C[C@@H](C)O4)C(=O)C(=O)N2c2nc3ccc(OC)cc3s2)c1. The van der Waals surface area contributed by atoms with Gasteiger partial charge in [0.05, 0.1) is 35.5 Å². The van der Waals surface area contributed by atoms with E-state index < -0.39 is 17.7 Å². The molecule has 9 heteroatoms. The number of ketones is 1. The first-order valence-electron chi connectivity index (χ1n) is 13.2. The molecular weight excluding hydrogens is 528 g/mol. The molecule has 3 aromatic carbocycles. The Labute approximate surface area is 235 Å².